The van der Waals surface area contributed by atoms with Crippen molar-refractivity contribution in [3.8, 4) is 0 Å². The molecule has 0 radical (unpaired) electrons. The normalized spacial score (nSPS) is 15.4. The minimum atomic E-state index is -3.72. The smallest absolute Gasteiger partial charge is 0.288 e. The van der Waals surface area contributed by atoms with Gasteiger partial charge in [-0.1, -0.05) is 29.3 Å². The van der Waals surface area contributed by atoms with Crippen molar-refractivity contribution in [1.82, 2.24) is 9.21 Å². The Kier molecular flexibility index (Phi) is 5.90. The summed E-state index contributed by atoms with van der Waals surface area (Å²) in [7, 11) is -3.72. The Balaban J connectivity index is 1.72. The molecule has 0 unspecified atom stereocenters. The molecule has 28 heavy (non-hydrogen) atoms. The molecule has 11 heteroatoms. The van der Waals surface area contributed by atoms with Gasteiger partial charge < -0.3 is 4.90 Å². The van der Waals surface area contributed by atoms with Crippen LogP contribution >= 0.6 is 23.2 Å². The van der Waals surface area contributed by atoms with Crippen molar-refractivity contribution in [2.45, 2.75) is 4.90 Å². The average Bonchev–Trinajstić information content (AvgIpc) is 2.67. The Morgan fingerprint density at radius 1 is 1.04 bits per heavy atom. The first-order chi connectivity index (χ1) is 13.2. The molecule has 0 aromatic heterocycles. The maximum Gasteiger partial charge on any atom is 0.288 e. The Morgan fingerprint density at radius 3 is 2.32 bits per heavy atom. The van der Waals surface area contributed by atoms with Crippen LogP contribution in [0.2, 0.25) is 10.0 Å². The van der Waals surface area contributed by atoms with Gasteiger partial charge in [0.05, 0.1) is 9.82 Å². The lowest BCUT2D eigenvalue weighted by molar-refractivity contribution is -0.384. The van der Waals surface area contributed by atoms with E-state index in [2.05, 4.69) is 0 Å². The number of hydrogen-bond donors (Lipinski definition) is 0. The number of hydrogen-bond acceptors (Lipinski definition) is 5. The highest BCUT2D eigenvalue weighted by molar-refractivity contribution is 7.89. The largest absolute Gasteiger partial charge is 0.336 e. The van der Waals surface area contributed by atoms with Gasteiger partial charge in [0.2, 0.25) is 10.0 Å². The Morgan fingerprint density at radius 2 is 1.71 bits per heavy atom. The van der Waals surface area contributed by atoms with Crippen molar-refractivity contribution in [3.63, 3.8) is 0 Å². The molecule has 0 atom stereocenters. The van der Waals surface area contributed by atoms with Gasteiger partial charge >= 0.3 is 0 Å². The van der Waals surface area contributed by atoms with Crippen molar-refractivity contribution in [2.24, 2.45) is 0 Å². The number of halogens is 2. The lowest BCUT2D eigenvalue weighted by Crippen LogP contribution is -2.50. The molecule has 0 aliphatic carbocycles. The molecule has 148 valence electrons. The molecule has 2 aromatic rings. The number of nitrogens with zero attached hydrogens (tertiary/aromatic N) is 3. The van der Waals surface area contributed by atoms with Crippen LogP contribution in [-0.2, 0) is 10.0 Å². The molecule has 3 rings (SSSR count). The van der Waals surface area contributed by atoms with Crippen LogP contribution in [0.5, 0.6) is 0 Å². The summed E-state index contributed by atoms with van der Waals surface area (Å²) in [6, 6.07) is 9.82. The molecule has 1 fully saturated rings. The van der Waals surface area contributed by atoms with E-state index in [-0.39, 0.29) is 47.3 Å². The zero-order valence-electron chi connectivity index (χ0n) is 14.4. The number of rotatable bonds is 4. The molecule has 0 bridgehead atoms. The fraction of sp³-hybridized carbons (Fsp3) is 0.235. The SMILES string of the molecule is O=C(c1ccc(Cl)c([N+](=O)[O-])c1)N1CCN(S(=O)(=O)c2cccc(Cl)c2)CC1. The zero-order chi connectivity index (χ0) is 20.5. The zero-order valence-corrected chi connectivity index (χ0v) is 16.7. The summed E-state index contributed by atoms with van der Waals surface area (Å²) in [5.74, 6) is -0.417. The summed E-state index contributed by atoms with van der Waals surface area (Å²) in [4.78, 5) is 24.5. The highest BCUT2D eigenvalue weighted by Crippen LogP contribution is 2.26. The quantitative estimate of drug-likeness (QED) is 0.533. The second-order valence-electron chi connectivity index (χ2n) is 6.08. The maximum absolute atomic E-state index is 12.7. The molecule has 1 aliphatic heterocycles. The van der Waals surface area contributed by atoms with Crippen LogP contribution in [0.3, 0.4) is 0 Å². The van der Waals surface area contributed by atoms with Crippen LogP contribution in [-0.4, -0.2) is 54.6 Å². The summed E-state index contributed by atoms with van der Waals surface area (Å²) >= 11 is 11.6. The van der Waals surface area contributed by atoms with Gasteiger partial charge in [0, 0.05) is 42.8 Å². The Hall–Kier alpha value is -2.20. The van der Waals surface area contributed by atoms with E-state index in [1.165, 1.54) is 33.5 Å². The fourth-order valence-corrected chi connectivity index (χ4v) is 4.79. The van der Waals surface area contributed by atoms with Crippen molar-refractivity contribution < 1.29 is 18.1 Å². The number of piperazine rings is 1. The van der Waals surface area contributed by atoms with E-state index < -0.39 is 20.9 Å². The van der Waals surface area contributed by atoms with Crippen LogP contribution in [0, 0.1) is 10.1 Å². The van der Waals surface area contributed by atoms with E-state index in [9.17, 15) is 23.3 Å². The van der Waals surface area contributed by atoms with Gasteiger partial charge in [0.15, 0.2) is 0 Å². The van der Waals surface area contributed by atoms with Crippen molar-refractivity contribution in [2.75, 3.05) is 26.2 Å². The topological polar surface area (TPSA) is 101 Å². The number of carbonyl (C=O) groups is 1. The third-order valence-electron chi connectivity index (χ3n) is 4.35. The number of benzene rings is 2. The van der Waals surface area contributed by atoms with E-state index in [0.717, 1.165) is 6.07 Å². The van der Waals surface area contributed by atoms with E-state index in [1.54, 1.807) is 12.1 Å². The van der Waals surface area contributed by atoms with Crippen LogP contribution in [0.25, 0.3) is 0 Å². The van der Waals surface area contributed by atoms with Gasteiger partial charge in [0.1, 0.15) is 5.02 Å². The van der Waals surface area contributed by atoms with Gasteiger partial charge in [-0.2, -0.15) is 4.31 Å². The lowest BCUT2D eigenvalue weighted by Gasteiger charge is -2.34. The van der Waals surface area contributed by atoms with Gasteiger partial charge in [-0.3, -0.25) is 14.9 Å². The van der Waals surface area contributed by atoms with Crippen LogP contribution < -0.4 is 0 Å². The third-order valence-corrected chi connectivity index (χ3v) is 6.80. The summed E-state index contributed by atoms with van der Waals surface area (Å²) in [5.41, 5.74) is -0.225. The highest BCUT2D eigenvalue weighted by atomic mass is 35.5. The first kappa shape index (κ1) is 20.5. The monoisotopic (exact) mass is 443 g/mol. The minimum absolute atomic E-state index is 0.0565. The number of sulfonamides is 1. The molecular formula is C17H15Cl2N3O5S. The first-order valence-electron chi connectivity index (χ1n) is 8.19. The standard InChI is InChI=1S/C17H15Cl2N3O5S/c18-13-2-1-3-14(11-13)28(26,27)21-8-6-20(7-9-21)17(23)12-4-5-15(19)16(10-12)22(24)25/h1-5,10-11H,6-9H2. The van der Waals surface area contributed by atoms with E-state index in [1.807, 2.05) is 0 Å². The Bertz CT molecular complexity index is 1040. The van der Waals surface area contributed by atoms with Crippen molar-refractivity contribution >= 4 is 44.8 Å². The van der Waals surface area contributed by atoms with E-state index in [0.29, 0.717) is 5.02 Å². The minimum Gasteiger partial charge on any atom is -0.336 e. The van der Waals surface area contributed by atoms with Gasteiger partial charge in [-0.05, 0) is 30.3 Å². The molecule has 0 saturated carbocycles. The Labute approximate surface area is 171 Å². The average molecular weight is 444 g/mol. The lowest BCUT2D eigenvalue weighted by atomic mass is 10.1. The summed E-state index contributed by atoms with van der Waals surface area (Å²) in [5, 5.41) is 11.3. The summed E-state index contributed by atoms with van der Waals surface area (Å²) < 4.78 is 26.7. The van der Waals surface area contributed by atoms with E-state index >= 15 is 0 Å². The highest BCUT2D eigenvalue weighted by Gasteiger charge is 2.31. The predicted molar refractivity (Wildman–Crippen MR) is 104 cm³/mol. The van der Waals surface area contributed by atoms with Crippen molar-refractivity contribution in [1.29, 1.82) is 0 Å². The second-order valence-corrected chi connectivity index (χ2v) is 8.86. The maximum atomic E-state index is 12.7. The molecular weight excluding hydrogens is 429 g/mol. The van der Waals surface area contributed by atoms with Crippen LogP contribution in [0.15, 0.2) is 47.4 Å². The second kappa shape index (κ2) is 8.04. The summed E-state index contributed by atoms with van der Waals surface area (Å²) in [6.07, 6.45) is 0. The predicted octanol–water partition coefficient (Wildman–Crippen LogP) is 3.05. The molecule has 0 N–H and O–H groups in total. The van der Waals surface area contributed by atoms with Gasteiger partial charge in [0.25, 0.3) is 11.6 Å². The van der Waals surface area contributed by atoms with Crippen molar-refractivity contribution in [3.05, 3.63) is 68.2 Å². The molecule has 0 spiro atoms. The molecule has 8 nitrogen and oxygen atoms in total. The number of carbonyl (C=O) groups excluding carboxylic acids is 1. The third kappa shape index (κ3) is 4.12. The number of amides is 1. The van der Waals surface area contributed by atoms with Crippen LogP contribution in [0.1, 0.15) is 10.4 Å². The molecule has 1 amide bonds. The molecule has 2 aromatic carbocycles. The first-order valence-corrected chi connectivity index (χ1v) is 10.4. The molecule has 1 aliphatic rings. The van der Waals surface area contributed by atoms with Gasteiger partial charge in [-0.25, -0.2) is 8.42 Å². The van der Waals surface area contributed by atoms with Crippen LogP contribution in [0.4, 0.5) is 5.69 Å². The fourth-order valence-electron chi connectivity index (χ4n) is 2.88. The van der Waals surface area contributed by atoms with E-state index in [4.69, 9.17) is 23.2 Å². The summed E-state index contributed by atoms with van der Waals surface area (Å²) in [6.45, 7) is 0.538. The van der Waals surface area contributed by atoms with Gasteiger partial charge in [-0.15, -0.1) is 0 Å². The number of nitro groups is 1. The molecule has 1 saturated heterocycles. The molecule has 1 heterocycles. The number of nitro benzene ring substituents is 1.